The molecule has 2 N–H and O–H groups in total. The predicted molar refractivity (Wildman–Crippen MR) is 83.6 cm³/mol. The molecule has 0 aliphatic carbocycles. The maximum atomic E-state index is 13.0. The minimum atomic E-state index is -0.312. The predicted octanol–water partition coefficient (Wildman–Crippen LogP) is 2.21. The lowest BCUT2D eigenvalue weighted by Gasteiger charge is -2.32. The van der Waals surface area contributed by atoms with Crippen molar-refractivity contribution in [2.75, 3.05) is 26.7 Å². The van der Waals surface area contributed by atoms with Crippen LogP contribution >= 0.6 is 0 Å². The SMILES string of the molecule is CNC(c1ccc(F)cn1)C(C)CN(CCCO)C(C)C. The Balaban J connectivity index is 2.72. The molecule has 0 saturated carbocycles. The zero-order chi connectivity index (χ0) is 15.8. The van der Waals surface area contributed by atoms with Crippen molar-refractivity contribution in [3.05, 3.63) is 29.8 Å². The van der Waals surface area contributed by atoms with E-state index < -0.39 is 0 Å². The van der Waals surface area contributed by atoms with Crippen molar-refractivity contribution in [1.29, 1.82) is 0 Å². The Morgan fingerprint density at radius 2 is 2.05 bits per heavy atom. The summed E-state index contributed by atoms with van der Waals surface area (Å²) in [6.45, 7) is 8.49. The Hall–Kier alpha value is -1.04. The van der Waals surface area contributed by atoms with Crippen LogP contribution in [0, 0.1) is 11.7 Å². The fraction of sp³-hybridized carbons (Fsp3) is 0.688. The van der Waals surface area contributed by atoms with Crippen LogP contribution in [0.3, 0.4) is 0 Å². The van der Waals surface area contributed by atoms with Gasteiger partial charge in [-0.25, -0.2) is 4.39 Å². The summed E-state index contributed by atoms with van der Waals surface area (Å²) in [5.41, 5.74) is 0.859. The Morgan fingerprint density at radius 3 is 2.52 bits per heavy atom. The second kappa shape index (κ2) is 9.07. The molecule has 21 heavy (non-hydrogen) atoms. The lowest BCUT2D eigenvalue weighted by Crippen LogP contribution is -2.39. The highest BCUT2D eigenvalue weighted by molar-refractivity contribution is 5.11. The Labute approximate surface area is 127 Å². The third-order valence-electron chi connectivity index (χ3n) is 3.81. The van der Waals surface area contributed by atoms with E-state index in [1.807, 2.05) is 7.05 Å². The van der Waals surface area contributed by atoms with E-state index in [4.69, 9.17) is 5.11 Å². The third kappa shape index (κ3) is 5.69. The number of nitrogens with one attached hydrogen (secondary N) is 1. The van der Waals surface area contributed by atoms with Crippen molar-refractivity contribution in [2.45, 2.75) is 39.3 Å². The van der Waals surface area contributed by atoms with E-state index >= 15 is 0 Å². The topological polar surface area (TPSA) is 48.4 Å². The highest BCUT2D eigenvalue weighted by Gasteiger charge is 2.22. The summed E-state index contributed by atoms with van der Waals surface area (Å²) in [6, 6.07) is 3.70. The van der Waals surface area contributed by atoms with Crippen LogP contribution < -0.4 is 5.32 Å². The second-order valence-corrected chi connectivity index (χ2v) is 5.81. The van der Waals surface area contributed by atoms with Gasteiger partial charge in [0.05, 0.1) is 17.9 Å². The van der Waals surface area contributed by atoms with Gasteiger partial charge in [0.2, 0.25) is 0 Å². The fourth-order valence-electron chi connectivity index (χ4n) is 2.60. The van der Waals surface area contributed by atoms with Gasteiger partial charge < -0.3 is 15.3 Å². The van der Waals surface area contributed by atoms with E-state index in [0.29, 0.717) is 12.0 Å². The Kier molecular flexibility index (Phi) is 7.78. The largest absolute Gasteiger partial charge is 0.396 e. The molecule has 2 unspecified atom stereocenters. The van der Waals surface area contributed by atoms with Crippen LogP contribution in [0.1, 0.15) is 38.9 Å². The molecule has 1 aromatic rings. The van der Waals surface area contributed by atoms with Gasteiger partial charge in [-0.15, -0.1) is 0 Å². The maximum absolute atomic E-state index is 13.0. The summed E-state index contributed by atoms with van der Waals surface area (Å²) in [4.78, 5) is 6.54. The number of halogens is 1. The first-order valence-corrected chi connectivity index (χ1v) is 7.63. The standard InChI is InChI=1S/C16H28FN3O/c1-12(2)20(8-5-9-21)11-13(3)16(18-4)15-7-6-14(17)10-19-15/h6-7,10,12-13,16,18,21H,5,8-9,11H2,1-4H3. The number of aliphatic hydroxyl groups excluding tert-OH is 1. The van der Waals surface area contributed by atoms with Gasteiger partial charge in [0.1, 0.15) is 5.82 Å². The summed E-state index contributed by atoms with van der Waals surface area (Å²) >= 11 is 0. The lowest BCUT2D eigenvalue weighted by molar-refractivity contribution is 0.157. The average Bonchev–Trinajstić information content (AvgIpc) is 2.46. The van der Waals surface area contributed by atoms with Gasteiger partial charge in [0.15, 0.2) is 0 Å². The lowest BCUT2D eigenvalue weighted by atomic mass is 9.97. The first-order valence-electron chi connectivity index (χ1n) is 7.63. The Bertz CT molecular complexity index is 397. The summed E-state index contributed by atoms with van der Waals surface area (Å²) in [5, 5.41) is 12.3. The van der Waals surface area contributed by atoms with Gasteiger partial charge in [-0.2, -0.15) is 0 Å². The highest BCUT2D eigenvalue weighted by Crippen LogP contribution is 2.21. The van der Waals surface area contributed by atoms with Crippen molar-refractivity contribution < 1.29 is 9.50 Å². The summed E-state index contributed by atoms with van der Waals surface area (Å²) in [6.07, 6.45) is 2.04. The van der Waals surface area contributed by atoms with Gasteiger partial charge in [0, 0.05) is 25.7 Å². The number of hydrogen-bond acceptors (Lipinski definition) is 4. The molecule has 0 amide bonds. The van der Waals surface area contributed by atoms with Crippen molar-refractivity contribution in [2.24, 2.45) is 5.92 Å². The third-order valence-corrected chi connectivity index (χ3v) is 3.81. The molecule has 2 atom stereocenters. The Morgan fingerprint density at radius 1 is 1.33 bits per heavy atom. The molecule has 0 aliphatic rings. The highest BCUT2D eigenvalue weighted by atomic mass is 19.1. The quantitative estimate of drug-likeness (QED) is 0.734. The van der Waals surface area contributed by atoms with Gasteiger partial charge in [-0.1, -0.05) is 6.92 Å². The molecular formula is C16H28FN3O. The molecule has 1 heterocycles. The van der Waals surface area contributed by atoms with E-state index in [2.05, 4.69) is 36.0 Å². The number of aromatic nitrogens is 1. The molecule has 0 aliphatic heterocycles. The first-order chi connectivity index (χ1) is 9.99. The minimum absolute atomic E-state index is 0.0842. The summed E-state index contributed by atoms with van der Waals surface area (Å²) < 4.78 is 13.0. The smallest absolute Gasteiger partial charge is 0.141 e. The number of nitrogens with zero attached hydrogens (tertiary/aromatic N) is 2. The van der Waals surface area contributed by atoms with E-state index in [0.717, 1.165) is 25.2 Å². The van der Waals surface area contributed by atoms with Gasteiger partial charge in [-0.05, 0) is 45.4 Å². The molecule has 1 rings (SSSR count). The van der Waals surface area contributed by atoms with Crippen LogP contribution in [0.4, 0.5) is 4.39 Å². The fourth-order valence-corrected chi connectivity index (χ4v) is 2.60. The normalized spacial score (nSPS) is 14.7. The van der Waals surface area contributed by atoms with Crippen LogP contribution in [0.15, 0.2) is 18.3 Å². The molecule has 0 aromatic carbocycles. The van der Waals surface area contributed by atoms with Gasteiger partial charge >= 0.3 is 0 Å². The summed E-state index contributed by atoms with van der Waals surface area (Å²) in [5.74, 6) is 0.0158. The molecule has 0 spiro atoms. The van der Waals surface area contributed by atoms with Crippen molar-refractivity contribution in [3.8, 4) is 0 Å². The number of rotatable bonds is 9. The van der Waals surface area contributed by atoms with Crippen LogP contribution in [-0.2, 0) is 0 Å². The molecule has 1 aromatic heterocycles. The van der Waals surface area contributed by atoms with Crippen LogP contribution in [0.25, 0.3) is 0 Å². The monoisotopic (exact) mass is 297 g/mol. The number of hydrogen-bond donors (Lipinski definition) is 2. The zero-order valence-corrected chi connectivity index (χ0v) is 13.5. The zero-order valence-electron chi connectivity index (χ0n) is 13.5. The van der Waals surface area contributed by atoms with Crippen molar-refractivity contribution in [3.63, 3.8) is 0 Å². The van der Waals surface area contributed by atoms with Crippen LogP contribution in [0.2, 0.25) is 0 Å². The number of pyridine rings is 1. The van der Waals surface area contributed by atoms with E-state index in [-0.39, 0.29) is 18.5 Å². The van der Waals surface area contributed by atoms with E-state index in [9.17, 15) is 4.39 Å². The van der Waals surface area contributed by atoms with Gasteiger partial charge in [-0.3, -0.25) is 4.98 Å². The van der Waals surface area contributed by atoms with Crippen molar-refractivity contribution in [1.82, 2.24) is 15.2 Å². The maximum Gasteiger partial charge on any atom is 0.141 e. The molecule has 0 saturated heterocycles. The van der Waals surface area contributed by atoms with Crippen LogP contribution in [0.5, 0.6) is 0 Å². The minimum Gasteiger partial charge on any atom is -0.396 e. The van der Waals surface area contributed by atoms with Gasteiger partial charge in [0.25, 0.3) is 0 Å². The summed E-state index contributed by atoms with van der Waals surface area (Å²) in [7, 11) is 1.90. The molecular weight excluding hydrogens is 269 g/mol. The molecule has 0 fully saturated rings. The van der Waals surface area contributed by atoms with Crippen molar-refractivity contribution >= 4 is 0 Å². The van der Waals surface area contributed by atoms with E-state index in [1.54, 1.807) is 6.07 Å². The molecule has 0 radical (unpaired) electrons. The average molecular weight is 297 g/mol. The first kappa shape index (κ1) is 18.0. The molecule has 0 bridgehead atoms. The second-order valence-electron chi connectivity index (χ2n) is 5.81. The van der Waals surface area contributed by atoms with E-state index in [1.165, 1.54) is 12.3 Å². The molecule has 4 nitrogen and oxygen atoms in total. The molecule has 120 valence electrons. The van der Waals surface area contributed by atoms with Crippen LogP contribution in [-0.4, -0.2) is 47.8 Å². The number of aliphatic hydroxyl groups is 1. The molecule has 5 heteroatoms.